The molecule has 82 valence electrons. The van der Waals surface area contributed by atoms with Crippen molar-refractivity contribution >= 4 is 34.8 Å². The molecule has 0 aliphatic heterocycles. The van der Waals surface area contributed by atoms with Crippen LogP contribution in [0.3, 0.4) is 0 Å². The van der Waals surface area contributed by atoms with E-state index < -0.39 is 5.82 Å². The number of hydrogen-bond donors (Lipinski definition) is 0. The van der Waals surface area contributed by atoms with Gasteiger partial charge in [-0.3, -0.25) is 4.98 Å². The smallest absolute Gasteiger partial charge is 0.142 e. The number of benzene rings is 1. The van der Waals surface area contributed by atoms with Crippen molar-refractivity contribution in [3.8, 4) is 11.1 Å². The Labute approximate surface area is 107 Å². The third-order valence-corrected chi connectivity index (χ3v) is 3.03. The van der Waals surface area contributed by atoms with E-state index in [1.165, 1.54) is 18.3 Å². The van der Waals surface area contributed by atoms with Crippen LogP contribution in [-0.2, 0) is 0 Å². The van der Waals surface area contributed by atoms with Crippen LogP contribution in [0.25, 0.3) is 11.1 Å². The molecule has 0 aliphatic rings. The first-order chi connectivity index (χ1) is 7.58. The van der Waals surface area contributed by atoms with Gasteiger partial charge in [-0.05, 0) is 18.2 Å². The molecule has 1 aromatic heterocycles. The first kappa shape index (κ1) is 11.6. The molecule has 2 aromatic rings. The van der Waals surface area contributed by atoms with Gasteiger partial charge >= 0.3 is 0 Å². The normalized spacial score (nSPS) is 10.5. The number of nitrogens with zero attached hydrogens (tertiary/aromatic N) is 1. The number of aromatic nitrogens is 1. The lowest BCUT2D eigenvalue weighted by Gasteiger charge is -2.06. The molecule has 0 radical (unpaired) electrons. The Balaban J connectivity index is 2.64. The molecule has 1 aromatic carbocycles. The highest BCUT2D eigenvalue weighted by atomic mass is 35.5. The van der Waals surface area contributed by atoms with Gasteiger partial charge in [0.15, 0.2) is 0 Å². The Hall–Kier alpha value is -0.830. The van der Waals surface area contributed by atoms with E-state index in [9.17, 15) is 4.39 Å². The summed E-state index contributed by atoms with van der Waals surface area (Å²) < 4.78 is 13.0. The van der Waals surface area contributed by atoms with Gasteiger partial charge in [-0.25, -0.2) is 4.39 Å². The first-order valence-corrected chi connectivity index (χ1v) is 5.47. The molecule has 0 saturated carbocycles. The second kappa shape index (κ2) is 4.58. The monoisotopic (exact) mass is 275 g/mol. The molecule has 0 amide bonds. The summed E-state index contributed by atoms with van der Waals surface area (Å²) in [6.07, 6.45) is 2.61. The van der Waals surface area contributed by atoms with Crippen molar-refractivity contribution in [2.75, 3.05) is 0 Å². The number of rotatable bonds is 1. The molecule has 0 fully saturated rings. The molecule has 0 N–H and O–H groups in total. The van der Waals surface area contributed by atoms with E-state index in [2.05, 4.69) is 4.98 Å². The molecule has 0 atom stereocenters. The topological polar surface area (TPSA) is 12.9 Å². The van der Waals surface area contributed by atoms with E-state index in [1.54, 1.807) is 6.07 Å². The Bertz CT molecular complexity index is 543. The minimum atomic E-state index is -0.440. The lowest BCUT2D eigenvalue weighted by Crippen LogP contribution is -1.85. The second-order valence-electron chi connectivity index (χ2n) is 3.14. The molecule has 16 heavy (non-hydrogen) atoms. The van der Waals surface area contributed by atoms with Gasteiger partial charge in [0.2, 0.25) is 0 Å². The highest BCUT2D eigenvalue weighted by molar-refractivity contribution is 6.45. The molecule has 0 spiro atoms. The van der Waals surface area contributed by atoms with Gasteiger partial charge in [-0.15, -0.1) is 0 Å². The molecule has 1 nitrogen and oxygen atoms in total. The average Bonchev–Trinajstić information content (AvgIpc) is 2.23. The molecule has 5 heteroatoms. The highest BCUT2D eigenvalue weighted by Gasteiger charge is 2.10. The van der Waals surface area contributed by atoms with Crippen LogP contribution in [-0.4, -0.2) is 4.98 Å². The zero-order chi connectivity index (χ0) is 11.7. The van der Waals surface area contributed by atoms with Crippen LogP contribution in [0.15, 0.2) is 30.6 Å². The summed E-state index contributed by atoms with van der Waals surface area (Å²) in [7, 11) is 0. The SMILES string of the molecule is Fc1cncc(-c2cc(Cl)cc(Cl)c2Cl)c1. The summed E-state index contributed by atoms with van der Waals surface area (Å²) in [4.78, 5) is 3.74. The van der Waals surface area contributed by atoms with E-state index in [0.717, 1.165) is 6.20 Å². The molecular weight excluding hydrogens is 271 g/mol. The van der Waals surface area contributed by atoms with Crippen molar-refractivity contribution in [1.29, 1.82) is 0 Å². The standard InChI is InChI=1S/C11H5Cl3FN/c12-7-2-9(11(14)10(13)3-7)6-1-8(15)5-16-4-6/h1-5H. The summed E-state index contributed by atoms with van der Waals surface area (Å²) in [5.41, 5.74) is 1.10. The quantitative estimate of drug-likeness (QED) is 0.679. The number of pyridine rings is 1. The van der Waals surface area contributed by atoms with Crippen molar-refractivity contribution in [3.05, 3.63) is 51.5 Å². The summed E-state index contributed by atoms with van der Waals surface area (Å²) in [6, 6.07) is 4.47. The molecule has 1 heterocycles. The van der Waals surface area contributed by atoms with Gasteiger partial charge in [-0.1, -0.05) is 34.8 Å². The molecular formula is C11H5Cl3FN. The fourth-order valence-electron chi connectivity index (χ4n) is 1.33. The minimum absolute atomic E-state index is 0.327. The van der Waals surface area contributed by atoms with Gasteiger partial charge in [0, 0.05) is 22.3 Å². The van der Waals surface area contributed by atoms with Crippen LogP contribution in [0.1, 0.15) is 0 Å². The van der Waals surface area contributed by atoms with Crippen LogP contribution >= 0.6 is 34.8 Å². The lowest BCUT2D eigenvalue weighted by atomic mass is 10.1. The van der Waals surface area contributed by atoms with Crippen LogP contribution in [0.2, 0.25) is 15.1 Å². The van der Waals surface area contributed by atoms with E-state index in [-0.39, 0.29) is 0 Å². The summed E-state index contributed by atoms with van der Waals surface area (Å²) in [5, 5.41) is 1.10. The van der Waals surface area contributed by atoms with Gasteiger partial charge in [0.1, 0.15) is 5.82 Å². The van der Waals surface area contributed by atoms with Crippen LogP contribution < -0.4 is 0 Å². The van der Waals surface area contributed by atoms with E-state index >= 15 is 0 Å². The van der Waals surface area contributed by atoms with E-state index in [4.69, 9.17) is 34.8 Å². The zero-order valence-electron chi connectivity index (χ0n) is 7.85. The van der Waals surface area contributed by atoms with Gasteiger partial charge in [-0.2, -0.15) is 0 Å². The molecule has 2 rings (SSSR count). The van der Waals surface area contributed by atoms with Crippen LogP contribution in [0, 0.1) is 5.82 Å². The lowest BCUT2D eigenvalue weighted by molar-refractivity contribution is 0.622. The Morgan fingerprint density at radius 2 is 1.75 bits per heavy atom. The Morgan fingerprint density at radius 3 is 2.44 bits per heavy atom. The largest absolute Gasteiger partial charge is 0.261 e. The van der Waals surface area contributed by atoms with Gasteiger partial charge in [0.05, 0.1) is 16.2 Å². The first-order valence-electron chi connectivity index (χ1n) is 4.33. The van der Waals surface area contributed by atoms with Crippen LogP contribution in [0.5, 0.6) is 0 Å². The second-order valence-corrected chi connectivity index (χ2v) is 4.36. The van der Waals surface area contributed by atoms with Crippen LogP contribution in [0.4, 0.5) is 4.39 Å². The predicted molar refractivity (Wildman–Crippen MR) is 64.7 cm³/mol. The maximum absolute atomic E-state index is 13.0. The fourth-order valence-corrected chi connectivity index (χ4v) is 2.04. The van der Waals surface area contributed by atoms with Crippen molar-refractivity contribution < 1.29 is 4.39 Å². The molecule has 0 saturated heterocycles. The number of hydrogen-bond acceptors (Lipinski definition) is 1. The third-order valence-electron chi connectivity index (χ3n) is 2.01. The highest BCUT2D eigenvalue weighted by Crippen LogP contribution is 2.36. The molecule has 0 aliphatic carbocycles. The number of halogens is 4. The molecule has 0 unspecified atom stereocenters. The summed E-state index contributed by atoms with van der Waals surface area (Å²) in [6.45, 7) is 0. The Kier molecular flexibility index (Phi) is 3.33. The molecule has 0 bridgehead atoms. The zero-order valence-corrected chi connectivity index (χ0v) is 10.1. The average molecular weight is 277 g/mol. The van der Waals surface area contributed by atoms with E-state index in [1.807, 2.05) is 0 Å². The van der Waals surface area contributed by atoms with Gasteiger partial charge in [0.25, 0.3) is 0 Å². The van der Waals surface area contributed by atoms with Crippen molar-refractivity contribution in [1.82, 2.24) is 4.98 Å². The Morgan fingerprint density at radius 1 is 1.00 bits per heavy atom. The summed E-state index contributed by atoms with van der Waals surface area (Å²) in [5.74, 6) is -0.440. The predicted octanol–water partition coefficient (Wildman–Crippen LogP) is 4.85. The van der Waals surface area contributed by atoms with Crippen molar-refractivity contribution in [2.45, 2.75) is 0 Å². The van der Waals surface area contributed by atoms with Crippen molar-refractivity contribution in [2.24, 2.45) is 0 Å². The minimum Gasteiger partial charge on any atom is -0.261 e. The van der Waals surface area contributed by atoms with Crippen molar-refractivity contribution in [3.63, 3.8) is 0 Å². The van der Waals surface area contributed by atoms with E-state index in [0.29, 0.717) is 26.2 Å². The fraction of sp³-hybridized carbons (Fsp3) is 0. The van der Waals surface area contributed by atoms with Gasteiger partial charge < -0.3 is 0 Å². The maximum Gasteiger partial charge on any atom is 0.142 e. The summed E-state index contributed by atoms with van der Waals surface area (Å²) >= 11 is 17.7. The third kappa shape index (κ3) is 2.29. The maximum atomic E-state index is 13.0.